The lowest BCUT2D eigenvalue weighted by atomic mass is 10.1. The molecule has 0 aliphatic heterocycles. The van der Waals surface area contributed by atoms with Crippen molar-refractivity contribution < 1.29 is 4.74 Å². The summed E-state index contributed by atoms with van der Waals surface area (Å²) >= 11 is 0. The molecule has 0 amide bonds. The second-order valence-electron chi connectivity index (χ2n) is 4.26. The fraction of sp³-hybridized carbons (Fsp3) is 0.500. The lowest BCUT2D eigenvalue weighted by Crippen LogP contribution is -2.33. The van der Waals surface area contributed by atoms with E-state index in [0.29, 0.717) is 12.4 Å². The monoisotopic (exact) mass is 234 g/mol. The van der Waals surface area contributed by atoms with Gasteiger partial charge in [0, 0.05) is 25.3 Å². The molecule has 17 heavy (non-hydrogen) atoms. The van der Waals surface area contributed by atoms with Crippen LogP contribution in [0.5, 0.6) is 0 Å². The molecule has 1 unspecified atom stereocenters. The Bertz CT molecular complexity index is 337. The minimum Gasteiger partial charge on any atom is -0.381 e. The predicted octanol–water partition coefficient (Wildman–Crippen LogP) is 3.16. The third kappa shape index (κ3) is 4.19. The van der Waals surface area contributed by atoms with Gasteiger partial charge in [-0.3, -0.25) is 5.41 Å². The molecule has 1 atom stereocenters. The summed E-state index contributed by atoms with van der Waals surface area (Å²) in [4.78, 5) is 1.90. The van der Waals surface area contributed by atoms with Crippen molar-refractivity contribution in [3.05, 3.63) is 30.3 Å². The van der Waals surface area contributed by atoms with Gasteiger partial charge in [0.15, 0.2) is 0 Å². The number of benzene rings is 1. The summed E-state index contributed by atoms with van der Waals surface area (Å²) in [5.41, 5.74) is 1.04. The summed E-state index contributed by atoms with van der Waals surface area (Å²) in [5, 5.41) is 8.12. The van der Waals surface area contributed by atoms with Gasteiger partial charge in [-0.05, 0) is 18.6 Å². The average molecular weight is 234 g/mol. The third-order valence-electron chi connectivity index (χ3n) is 2.69. The first-order chi connectivity index (χ1) is 8.16. The highest BCUT2D eigenvalue weighted by molar-refractivity contribution is 5.96. The van der Waals surface area contributed by atoms with Gasteiger partial charge in [-0.15, -0.1) is 0 Å². The number of hydrogen-bond donors (Lipinski definition) is 1. The van der Waals surface area contributed by atoms with Crippen LogP contribution in [-0.2, 0) is 4.74 Å². The van der Waals surface area contributed by atoms with E-state index in [4.69, 9.17) is 10.1 Å². The van der Waals surface area contributed by atoms with Crippen molar-refractivity contribution in [2.24, 2.45) is 5.92 Å². The molecule has 94 valence electrons. The standard InChI is InChI=1S/C14H22N2O/c1-4-10-17-11-12(2)14(15)16(3)13-8-6-5-7-9-13/h5-9,12,15H,4,10-11H2,1-3H3. The Hall–Kier alpha value is -1.35. The van der Waals surface area contributed by atoms with Crippen LogP contribution in [0.4, 0.5) is 5.69 Å². The molecule has 1 aromatic carbocycles. The highest BCUT2D eigenvalue weighted by atomic mass is 16.5. The molecule has 1 aromatic rings. The molecule has 0 spiro atoms. The molecule has 0 aliphatic rings. The molecule has 1 N–H and O–H groups in total. The van der Waals surface area contributed by atoms with Crippen molar-refractivity contribution in [2.75, 3.05) is 25.2 Å². The van der Waals surface area contributed by atoms with E-state index < -0.39 is 0 Å². The first-order valence-corrected chi connectivity index (χ1v) is 6.11. The number of nitrogens with zero attached hydrogens (tertiary/aromatic N) is 1. The van der Waals surface area contributed by atoms with Crippen molar-refractivity contribution in [1.82, 2.24) is 0 Å². The van der Waals surface area contributed by atoms with Gasteiger partial charge in [-0.25, -0.2) is 0 Å². The highest BCUT2D eigenvalue weighted by Gasteiger charge is 2.14. The summed E-state index contributed by atoms with van der Waals surface area (Å²) in [6, 6.07) is 9.96. The van der Waals surface area contributed by atoms with Gasteiger partial charge in [-0.1, -0.05) is 32.0 Å². The molecule has 1 rings (SSSR count). The van der Waals surface area contributed by atoms with E-state index in [9.17, 15) is 0 Å². The van der Waals surface area contributed by atoms with Gasteiger partial charge < -0.3 is 9.64 Å². The van der Waals surface area contributed by atoms with E-state index in [1.165, 1.54) is 0 Å². The normalized spacial score (nSPS) is 12.2. The Labute approximate surface area is 104 Å². The quantitative estimate of drug-likeness (QED) is 0.466. The van der Waals surface area contributed by atoms with Gasteiger partial charge in [0.1, 0.15) is 5.84 Å². The first-order valence-electron chi connectivity index (χ1n) is 6.11. The third-order valence-corrected chi connectivity index (χ3v) is 2.69. The van der Waals surface area contributed by atoms with Crippen molar-refractivity contribution in [1.29, 1.82) is 5.41 Å². The Morgan fingerprint density at radius 3 is 2.59 bits per heavy atom. The zero-order valence-corrected chi connectivity index (χ0v) is 10.9. The predicted molar refractivity (Wildman–Crippen MR) is 72.8 cm³/mol. The average Bonchev–Trinajstić information content (AvgIpc) is 2.38. The zero-order valence-electron chi connectivity index (χ0n) is 10.9. The van der Waals surface area contributed by atoms with Crippen LogP contribution in [-0.4, -0.2) is 26.1 Å². The van der Waals surface area contributed by atoms with Gasteiger partial charge >= 0.3 is 0 Å². The van der Waals surface area contributed by atoms with E-state index in [-0.39, 0.29) is 5.92 Å². The topological polar surface area (TPSA) is 36.3 Å². The van der Waals surface area contributed by atoms with Crippen molar-refractivity contribution >= 4 is 11.5 Å². The van der Waals surface area contributed by atoms with E-state index in [0.717, 1.165) is 18.7 Å². The van der Waals surface area contributed by atoms with Crippen LogP contribution in [0.15, 0.2) is 30.3 Å². The van der Waals surface area contributed by atoms with E-state index in [2.05, 4.69) is 6.92 Å². The van der Waals surface area contributed by atoms with Gasteiger partial charge in [0.05, 0.1) is 6.61 Å². The molecule has 0 aromatic heterocycles. The molecule has 0 saturated heterocycles. The number of nitrogens with one attached hydrogen (secondary N) is 1. The Morgan fingerprint density at radius 1 is 1.35 bits per heavy atom. The fourth-order valence-electron chi connectivity index (χ4n) is 1.60. The number of hydrogen-bond acceptors (Lipinski definition) is 2. The van der Waals surface area contributed by atoms with Crippen LogP contribution in [0, 0.1) is 11.3 Å². The molecule has 0 aliphatic carbocycles. The summed E-state index contributed by atoms with van der Waals surface area (Å²) in [6.45, 7) is 5.50. The molecular weight excluding hydrogens is 212 g/mol. The largest absolute Gasteiger partial charge is 0.381 e. The summed E-state index contributed by atoms with van der Waals surface area (Å²) < 4.78 is 5.48. The Kier molecular flexibility index (Phi) is 5.70. The summed E-state index contributed by atoms with van der Waals surface area (Å²) in [7, 11) is 1.92. The van der Waals surface area contributed by atoms with Crippen molar-refractivity contribution in [3.8, 4) is 0 Å². The molecule has 0 heterocycles. The lowest BCUT2D eigenvalue weighted by molar-refractivity contribution is 0.121. The van der Waals surface area contributed by atoms with Crippen LogP contribution in [0.3, 0.4) is 0 Å². The second-order valence-corrected chi connectivity index (χ2v) is 4.26. The molecule has 0 saturated carbocycles. The number of anilines is 1. The Morgan fingerprint density at radius 2 is 2.00 bits per heavy atom. The maximum Gasteiger partial charge on any atom is 0.105 e. The number of para-hydroxylation sites is 1. The highest BCUT2D eigenvalue weighted by Crippen LogP contribution is 2.14. The molecular formula is C14H22N2O. The molecule has 0 radical (unpaired) electrons. The maximum atomic E-state index is 8.12. The van der Waals surface area contributed by atoms with Crippen LogP contribution in [0.25, 0.3) is 0 Å². The van der Waals surface area contributed by atoms with Crippen LogP contribution in [0.1, 0.15) is 20.3 Å². The fourth-order valence-corrected chi connectivity index (χ4v) is 1.60. The molecule has 3 heteroatoms. The molecule has 0 fully saturated rings. The SMILES string of the molecule is CCCOCC(C)C(=N)N(C)c1ccccc1. The minimum atomic E-state index is 0.117. The zero-order chi connectivity index (χ0) is 12.7. The van der Waals surface area contributed by atoms with Gasteiger partial charge in [0.25, 0.3) is 0 Å². The maximum absolute atomic E-state index is 8.12. The van der Waals surface area contributed by atoms with Gasteiger partial charge in [0.2, 0.25) is 0 Å². The first kappa shape index (κ1) is 13.7. The van der Waals surface area contributed by atoms with Crippen LogP contribution < -0.4 is 4.90 Å². The van der Waals surface area contributed by atoms with Crippen molar-refractivity contribution in [3.63, 3.8) is 0 Å². The molecule has 3 nitrogen and oxygen atoms in total. The van der Waals surface area contributed by atoms with E-state index in [1.807, 2.05) is 49.2 Å². The summed E-state index contributed by atoms with van der Waals surface area (Å²) in [5.74, 6) is 0.707. The van der Waals surface area contributed by atoms with E-state index in [1.54, 1.807) is 0 Å². The van der Waals surface area contributed by atoms with Crippen LogP contribution >= 0.6 is 0 Å². The number of amidine groups is 1. The molecule has 0 bridgehead atoms. The van der Waals surface area contributed by atoms with E-state index >= 15 is 0 Å². The van der Waals surface area contributed by atoms with Crippen molar-refractivity contribution in [2.45, 2.75) is 20.3 Å². The second kappa shape index (κ2) is 7.07. The number of ether oxygens (including phenoxy) is 1. The lowest BCUT2D eigenvalue weighted by Gasteiger charge is -2.24. The van der Waals surface area contributed by atoms with Gasteiger partial charge in [-0.2, -0.15) is 0 Å². The minimum absolute atomic E-state index is 0.117. The smallest absolute Gasteiger partial charge is 0.105 e. The van der Waals surface area contributed by atoms with Crippen LogP contribution in [0.2, 0.25) is 0 Å². The number of rotatable bonds is 6. The Balaban J connectivity index is 2.51. The summed E-state index contributed by atoms with van der Waals surface area (Å²) in [6.07, 6.45) is 1.02.